The monoisotopic (exact) mass is 414 g/mol. The van der Waals surface area contributed by atoms with Gasteiger partial charge < -0.3 is 0 Å². The molecule has 0 saturated heterocycles. The minimum absolute atomic E-state index is 0.00695. The first-order valence-corrected chi connectivity index (χ1v) is 10.1. The third-order valence-corrected chi connectivity index (χ3v) is 5.49. The van der Waals surface area contributed by atoms with Crippen molar-refractivity contribution in [3.05, 3.63) is 100 Å². The molecule has 30 heavy (non-hydrogen) atoms. The highest BCUT2D eigenvalue weighted by molar-refractivity contribution is 7.19. The zero-order chi connectivity index (χ0) is 20.9. The molecule has 0 atom stereocenters. The van der Waals surface area contributed by atoms with E-state index in [1.54, 1.807) is 18.2 Å². The highest BCUT2D eigenvalue weighted by Crippen LogP contribution is 2.39. The van der Waals surface area contributed by atoms with E-state index in [-0.39, 0.29) is 5.69 Å². The molecule has 4 aromatic rings. The minimum atomic E-state index is -0.423. The van der Waals surface area contributed by atoms with Gasteiger partial charge in [0.05, 0.1) is 27.3 Å². The van der Waals surface area contributed by atoms with Crippen LogP contribution in [-0.4, -0.2) is 16.1 Å². The summed E-state index contributed by atoms with van der Waals surface area (Å²) in [6, 6.07) is 24.8. The van der Waals surface area contributed by atoms with Crippen molar-refractivity contribution in [1.82, 2.24) is 4.98 Å². The summed E-state index contributed by atoms with van der Waals surface area (Å²) in [7, 11) is 0. The molecule has 0 spiro atoms. The van der Waals surface area contributed by atoms with E-state index in [1.807, 2.05) is 37.3 Å². The molecular formula is C23H18N4O2S. The van der Waals surface area contributed by atoms with E-state index in [0.717, 1.165) is 21.7 Å². The number of nitrogens with one attached hydrogen (secondary N) is 1. The van der Waals surface area contributed by atoms with Crippen molar-refractivity contribution >= 4 is 28.4 Å². The Bertz CT molecular complexity index is 1200. The van der Waals surface area contributed by atoms with Crippen LogP contribution in [0.4, 0.5) is 10.8 Å². The molecule has 1 aromatic heterocycles. The quantitative estimate of drug-likeness (QED) is 0.233. The largest absolute Gasteiger partial charge is 0.278 e. The van der Waals surface area contributed by atoms with Gasteiger partial charge in [0.25, 0.3) is 5.69 Å². The van der Waals surface area contributed by atoms with Crippen LogP contribution in [0, 0.1) is 17.0 Å². The molecule has 4 rings (SSSR count). The van der Waals surface area contributed by atoms with Gasteiger partial charge in [-0.3, -0.25) is 15.5 Å². The van der Waals surface area contributed by atoms with Crippen LogP contribution in [0.25, 0.3) is 21.7 Å². The molecule has 6 nitrogen and oxygen atoms in total. The Morgan fingerprint density at radius 3 is 2.40 bits per heavy atom. The number of aromatic nitrogens is 1. The lowest BCUT2D eigenvalue weighted by Crippen LogP contribution is -1.96. The number of benzene rings is 3. The van der Waals surface area contributed by atoms with Gasteiger partial charge in [0.15, 0.2) is 0 Å². The normalized spacial score (nSPS) is 11.0. The van der Waals surface area contributed by atoms with Crippen molar-refractivity contribution in [2.24, 2.45) is 5.10 Å². The number of para-hydroxylation sites is 1. The Balaban J connectivity index is 1.66. The van der Waals surface area contributed by atoms with Crippen LogP contribution in [0.5, 0.6) is 0 Å². The van der Waals surface area contributed by atoms with Gasteiger partial charge >= 0.3 is 0 Å². The topological polar surface area (TPSA) is 80.4 Å². The molecule has 1 heterocycles. The molecule has 0 amide bonds. The number of nitro groups is 1. The standard InChI is InChI=1S/C23H18N4O2S/c1-16-11-13-17(14-12-16)21-22(18-7-3-2-4-8-18)30-23(25-21)26-24-15-19-9-5-6-10-20(19)27(28)29/h2-15H,1H3,(H,25,26)/b24-15-. The van der Waals surface area contributed by atoms with Gasteiger partial charge in [-0.1, -0.05) is 83.6 Å². The zero-order valence-electron chi connectivity index (χ0n) is 16.1. The maximum absolute atomic E-state index is 11.2. The molecule has 148 valence electrons. The van der Waals surface area contributed by atoms with Gasteiger partial charge in [-0.05, 0) is 18.6 Å². The summed E-state index contributed by atoms with van der Waals surface area (Å²) in [5, 5.41) is 15.9. The van der Waals surface area contributed by atoms with Gasteiger partial charge in [-0.25, -0.2) is 4.98 Å². The Morgan fingerprint density at radius 1 is 0.967 bits per heavy atom. The molecule has 0 aliphatic rings. The van der Waals surface area contributed by atoms with Crippen molar-refractivity contribution < 1.29 is 4.92 Å². The molecule has 0 bridgehead atoms. The summed E-state index contributed by atoms with van der Waals surface area (Å²) in [5.41, 5.74) is 7.50. The number of aryl methyl sites for hydroxylation is 1. The number of rotatable bonds is 6. The Labute approximate surface area is 177 Å². The fourth-order valence-electron chi connectivity index (χ4n) is 2.98. The van der Waals surface area contributed by atoms with Crippen molar-refractivity contribution in [2.75, 3.05) is 5.43 Å². The second kappa shape index (κ2) is 8.67. The summed E-state index contributed by atoms with van der Waals surface area (Å²) in [5.74, 6) is 0. The Kier molecular flexibility index (Phi) is 5.63. The van der Waals surface area contributed by atoms with Crippen LogP contribution in [0.1, 0.15) is 11.1 Å². The third-order valence-electron chi connectivity index (χ3n) is 4.49. The minimum Gasteiger partial charge on any atom is -0.258 e. The second-order valence-electron chi connectivity index (χ2n) is 6.61. The number of nitrogens with zero attached hydrogens (tertiary/aromatic N) is 3. The summed E-state index contributed by atoms with van der Waals surface area (Å²) >= 11 is 1.49. The predicted octanol–water partition coefficient (Wildman–Crippen LogP) is 6.14. The van der Waals surface area contributed by atoms with E-state index in [1.165, 1.54) is 29.2 Å². The van der Waals surface area contributed by atoms with Crippen molar-refractivity contribution in [3.8, 4) is 21.7 Å². The molecule has 1 N–H and O–H groups in total. The summed E-state index contributed by atoms with van der Waals surface area (Å²) < 4.78 is 0. The van der Waals surface area contributed by atoms with Gasteiger partial charge in [-0.15, -0.1) is 0 Å². The highest BCUT2D eigenvalue weighted by Gasteiger charge is 2.15. The van der Waals surface area contributed by atoms with Crippen LogP contribution in [0.15, 0.2) is 84.0 Å². The molecule has 0 aliphatic carbocycles. The van der Waals surface area contributed by atoms with E-state index in [0.29, 0.717) is 10.7 Å². The van der Waals surface area contributed by atoms with Gasteiger partial charge in [0.1, 0.15) is 0 Å². The van der Waals surface area contributed by atoms with E-state index < -0.39 is 4.92 Å². The average molecular weight is 414 g/mol. The number of hydrogen-bond donors (Lipinski definition) is 1. The molecule has 3 aromatic carbocycles. The number of nitro benzene ring substituents is 1. The molecule has 0 aliphatic heterocycles. The number of thiazole rings is 1. The lowest BCUT2D eigenvalue weighted by Gasteiger charge is -2.03. The number of anilines is 1. The van der Waals surface area contributed by atoms with E-state index in [9.17, 15) is 10.1 Å². The molecule has 0 radical (unpaired) electrons. The fraction of sp³-hybridized carbons (Fsp3) is 0.0435. The fourth-order valence-corrected chi connectivity index (χ4v) is 3.92. The smallest absolute Gasteiger partial charge is 0.258 e. The van der Waals surface area contributed by atoms with Crippen LogP contribution < -0.4 is 5.43 Å². The Morgan fingerprint density at radius 2 is 1.67 bits per heavy atom. The zero-order valence-corrected chi connectivity index (χ0v) is 17.0. The molecule has 0 fully saturated rings. The first-order valence-electron chi connectivity index (χ1n) is 9.27. The number of hydrazone groups is 1. The van der Waals surface area contributed by atoms with Crippen molar-refractivity contribution in [1.29, 1.82) is 0 Å². The summed E-state index contributed by atoms with van der Waals surface area (Å²) in [6.45, 7) is 2.05. The molecule has 0 unspecified atom stereocenters. The summed E-state index contributed by atoms with van der Waals surface area (Å²) in [4.78, 5) is 16.5. The first kappa shape index (κ1) is 19.5. The molecular weight excluding hydrogens is 396 g/mol. The lowest BCUT2D eigenvalue weighted by atomic mass is 10.1. The van der Waals surface area contributed by atoms with Crippen molar-refractivity contribution in [2.45, 2.75) is 6.92 Å². The van der Waals surface area contributed by atoms with Crippen LogP contribution in [0.2, 0.25) is 0 Å². The first-order chi connectivity index (χ1) is 14.6. The van der Waals surface area contributed by atoms with Gasteiger partial charge in [0.2, 0.25) is 5.13 Å². The van der Waals surface area contributed by atoms with Crippen LogP contribution in [-0.2, 0) is 0 Å². The molecule has 0 saturated carbocycles. The maximum Gasteiger partial charge on any atom is 0.278 e. The highest BCUT2D eigenvalue weighted by atomic mass is 32.1. The lowest BCUT2D eigenvalue weighted by molar-refractivity contribution is -0.385. The van der Waals surface area contributed by atoms with E-state index >= 15 is 0 Å². The van der Waals surface area contributed by atoms with Crippen LogP contribution >= 0.6 is 11.3 Å². The summed E-state index contributed by atoms with van der Waals surface area (Å²) in [6.07, 6.45) is 1.44. The van der Waals surface area contributed by atoms with E-state index in [4.69, 9.17) is 4.98 Å². The molecule has 7 heteroatoms. The maximum atomic E-state index is 11.2. The average Bonchev–Trinajstić information content (AvgIpc) is 3.19. The van der Waals surface area contributed by atoms with Gasteiger partial charge in [-0.2, -0.15) is 5.10 Å². The second-order valence-corrected chi connectivity index (χ2v) is 7.61. The predicted molar refractivity (Wildman–Crippen MR) is 122 cm³/mol. The third kappa shape index (κ3) is 4.26. The van der Waals surface area contributed by atoms with Crippen LogP contribution in [0.3, 0.4) is 0 Å². The Hall–Kier alpha value is -3.84. The van der Waals surface area contributed by atoms with Crippen molar-refractivity contribution in [3.63, 3.8) is 0 Å². The SMILES string of the molecule is Cc1ccc(-c2nc(N/N=C\c3ccccc3[N+](=O)[O-])sc2-c2ccccc2)cc1. The van der Waals surface area contributed by atoms with Gasteiger partial charge in [0, 0.05) is 11.6 Å². The number of hydrogen-bond acceptors (Lipinski definition) is 6. The van der Waals surface area contributed by atoms with E-state index in [2.05, 4.69) is 34.8 Å².